The van der Waals surface area contributed by atoms with Gasteiger partial charge in [-0.25, -0.2) is 0 Å². The summed E-state index contributed by atoms with van der Waals surface area (Å²) in [6.45, 7) is 4.46. The normalized spacial score (nSPS) is 30.0. The van der Waals surface area contributed by atoms with Gasteiger partial charge in [0.05, 0.1) is 0 Å². The van der Waals surface area contributed by atoms with E-state index in [2.05, 4.69) is 25.2 Å². The van der Waals surface area contributed by atoms with Crippen molar-refractivity contribution in [3.63, 3.8) is 0 Å². The zero-order valence-corrected chi connectivity index (χ0v) is 9.94. The van der Waals surface area contributed by atoms with E-state index in [1.165, 1.54) is 5.56 Å². The van der Waals surface area contributed by atoms with Crippen molar-refractivity contribution >= 4 is 6.29 Å². The highest BCUT2D eigenvalue weighted by atomic mass is 16.1. The molecule has 0 aromatic heterocycles. The summed E-state index contributed by atoms with van der Waals surface area (Å²) < 4.78 is 0. The summed E-state index contributed by atoms with van der Waals surface area (Å²) in [6.07, 6.45) is 3.25. The molecule has 0 bridgehead atoms. The van der Waals surface area contributed by atoms with Crippen molar-refractivity contribution in [1.29, 1.82) is 0 Å². The standard InChI is InChI=1S/C14H19NO/c1-10-6-14(7-11(2)15-10)13-5-3-4-12(8-13)9-16/h3-5,8-11,14-15H,6-7H2,1-2H3. The second-order valence-electron chi connectivity index (χ2n) is 4.93. The first-order valence-electron chi connectivity index (χ1n) is 6.00. The van der Waals surface area contributed by atoms with Crippen LogP contribution >= 0.6 is 0 Å². The molecule has 0 amide bonds. The van der Waals surface area contributed by atoms with Gasteiger partial charge in [0.15, 0.2) is 0 Å². The average Bonchev–Trinajstić information content (AvgIpc) is 2.28. The minimum atomic E-state index is 0.564. The summed E-state index contributed by atoms with van der Waals surface area (Å²) in [5.41, 5.74) is 2.10. The predicted molar refractivity (Wildman–Crippen MR) is 65.9 cm³/mol. The molecule has 2 nitrogen and oxygen atoms in total. The Hall–Kier alpha value is -1.15. The fourth-order valence-electron chi connectivity index (χ4n) is 2.73. The van der Waals surface area contributed by atoms with Gasteiger partial charge in [0.2, 0.25) is 0 Å². The van der Waals surface area contributed by atoms with Crippen LogP contribution in [0.15, 0.2) is 24.3 Å². The van der Waals surface area contributed by atoms with E-state index in [1.807, 2.05) is 18.2 Å². The highest BCUT2D eigenvalue weighted by Gasteiger charge is 2.24. The van der Waals surface area contributed by atoms with Gasteiger partial charge in [-0.1, -0.05) is 18.2 Å². The number of aldehydes is 1. The Morgan fingerprint density at radius 3 is 2.56 bits per heavy atom. The molecule has 1 aliphatic rings. The number of carbonyl (C=O) groups is 1. The molecular formula is C14H19NO. The lowest BCUT2D eigenvalue weighted by Crippen LogP contribution is -2.41. The van der Waals surface area contributed by atoms with Gasteiger partial charge in [-0.2, -0.15) is 0 Å². The second-order valence-corrected chi connectivity index (χ2v) is 4.93. The third-order valence-electron chi connectivity index (χ3n) is 3.36. The molecule has 1 heterocycles. The van der Waals surface area contributed by atoms with Gasteiger partial charge in [-0.3, -0.25) is 4.79 Å². The number of carbonyl (C=O) groups excluding carboxylic acids is 1. The SMILES string of the molecule is CC1CC(c2cccc(C=O)c2)CC(C)N1. The number of hydrogen-bond donors (Lipinski definition) is 1. The van der Waals surface area contributed by atoms with Crippen molar-refractivity contribution < 1.29 is 4.79 Å². The molecule has 1 aromatic rings. The van der Waals surface area contributed by atoms with Crippen molar-refractivity contribution in [2.45, 2.75) is 44.7 Å². The summed E-state index contributed by atoms with van der Waals surface area (Å²) in [5, 5.41) is 3.54. The molecule has 2 rings (SSSR count). The lowest BCUT2D eigenvalue weighted by molar-refractivity contribution is 0.112. The van der Waals surface area contributed by atoms with Gasteiger partial charge in [-0.15, -0.1) is 0 Å². The van der Waals surface area contributed by atoms with E-state index in [-0.39, 0.29) is 0 Å². The molecule has 0 spiro atoms. The van der Waals surface area contributed by atoms with Crippen LogP contribution in [0.3, 0.4) is 0 Å². The predicted octanol–water partition coefficient (Wildman–Crippen LogP) is 2.74. The van der Waals surface area contributed by atoms with Crippen LogP contribution in [0, 0.1) is 0 Å². The number of benzene rings is 1. The minimum absolute atomic E-state index is 0.564. The summed E-state index contributed by atoms with van der Waals surface area (Å²) in [6, 6.07) is 9.15. The summed E-state index contributed by atoms with van der Waals surface area (Å²) >= 11 is 0. The van der Waals surface area contributed by atoms with Crippen molar-refractivity contribution in [1.82, 2.24) is 5.32 Å². The van der Waals surface area contributed by atoms with Crippen LogP contribution in [0.1, 0.15) is 48.5 Å². The molecule has 2 atom stereocenters. The maximum atomic E-state index is 10.8. The maximum Gasteiger partial charge on any atom is 0.150 e. The van der Waals surface area contributed by atoms with Crippen molar-refractivity contribution in [3.8, 4) is 0 Å². The monoisotopic (exact) mass is 217 g/mol. The Kier molecular flexibility index (Phi) is 3.39. The van der Waals surface area contributed by atoms with Crippen LogP contribution < -0.4 is 5.32 Å². The van der Waals surface area contributed by atoms with E-state index < -0.39 is 0 Å². The molecule has 16 heavy (non-hydrogen) atoms. The number of nitrogens with one attached hydrogen (secondary N) is 1. The van der Waals surface area contributed by atoms with Crippen LogP contribution in [0.2, 0.25) is 0 Å². The highest BCUT2D eigenvalue weighted by Crippen LogP contribution is 2.30. The number of piperidine rings is 1. The van der Waals surface area contributed by atoms with E-state index in [1.54, 1.807) is 0 Å². The zero-order chi connectivity index (χ0) is 11.5. The maximum absolute atomic E-state index is 10.8. The van der Waals surface area contributed by atoms with Gasteiger partial charge in [0, 0.05) is 17.6 Å². The first kappa shape index (κ1) is 11.3. The Morgan fingerprint density at radius 1 is 1.25 bits per heavy atom. The fourth-order valence-corrected chi connectivity index (χ4v) is 2.73. The molecule has 0 radical (unpaired) electrons. The molecule has 0 saturated carbocycles. The first-order chi connectivity index (χ1) is 7.69. The Morgan fingerprint density at radius 2 is 1.94 bits per heavy atom. The third-order valence-corrected chi connectivity index (χ3v) is 3.36. The van der Waals surface area contributed by atoms with Crippen LogP contribution in [-0.2, 0) is 0 Å². The van der Waals surface area contributed by atoms with E-state index in [4.69, 9.17) is 0 Å². The van der Waals surface area contributed by atoms with Gasteiger partial charge in [0.1, 0.15) is 6.29 Å². The van der Waals surface area contributed by atoms with Gasteiger partial charge in [0.25, 0.3) is 0 Å². The Bertz CT molecular complexity index is 365. The quantitative estimate of drug-likeness (QED) is 0.772. The average molecular weight is 217 g/mol. The van der Waals surface area contributed by atoms with Crippen LogP contribution in [0.25, 0.3) is 0 Å². The van der Waals surface area contributed by atoms with Crippen LogP contribution in [0.5, 0.6) is 0 Å². The largest absolute Gasteiger partial charge is 0.312 e. The molecule has 1 fully saturated rings. The van der Waals surface area contributed by atoms with Crippen molar-refractivity contribution in [3.05, 3.63) is 35.4 Å². The molecule has 2 unspecified atom stereocenters. The molecule has 86 valence electrons. The Labute approximate surface area is 97.1 Å². The topological polar surface area (TPSA) is 29.1 Å². The van der Waals surface area contributed by atoms with Gasteiger partial charge < -0.3 is 5.32 Å². The van der Waals surface area contributed by atoms with E-state index >= 15 is 0 Å². The summed E-state index contributed by atoms with van der Waals surface area (Å²) in [4.78, 5) is 10.8. The number of hydrogen-bond acceptors (Lipinski definition) is 2. The molecule has 1 saturated heterocycles. The van der Waals surface area contributed by atoms with E-state index in [0.29, 0.717) is 18.0 Å². The fraction of sp³-hybridized carbons (Fsp3) is 0.500. The van der Waals surface area contributed by atoms with Crippen molar-refractivity contribution in [2.75, 3.05) is 0 Å². The lowest BCUT2D eigenvalue weighted by Gasteiger charge is -2.33. The Balaban J connectivity index is 2.19. The second kappa shape index (κ2) is 4.79. The third kappa shape index (κ3) is 2.50. The minimum Gasteiger partial charge on any atom is -0.312 e. The van der Waals surface area contributed by atoms with Crippen LogP contribution in [-0.4, -0.2) is 18.4 Å². The van der Waals surface area contributed by atoms with E-state index in [0.717, 1.165) is 24.7 Å². The van der Waals surface area contributed by atoms with Gasteiger partial charge >= 0.3 is 0 Å². The highest BCUT2D eigenvalue weighted by molar-refractivity contribution is 5.75. The van der Waals surface area contributed by atoms with Crippen molar-refractivity contribution in [2.24, 2.45) is 0 Å². The van der Waals surface area contributed by atoms with E-state index in [9.17, 15) is 4.79 Å². The zero-order valence-electron chi connectivity index (χ0n) is 9.94. The molecule has 2 heteroatoms. The van der Waals surface area contributed by atoms with Crippen LogP contribution in [0.4, 0.5) is 0 Å². The molecule has 0 aliphatic carbocycles. The smallest absolute Gasteiger partial charge is 0.150 e. The van der Waals surface area contributed by atoms with Gasteiger partial charge in [-0.05, 0) is 44.2 Å². The first-order valence-corrected chi connectivity index (χ1v) is 6.00. The molecule has 1 aliphatic heterocycles. The lowest BCUT2D eigenvalue weighted by atomic mass is 9.83. The molecular weight excluding hydrogens is 198 g/mol. The summed E-state index contributed by atoms with van der Waals surface area (Å²) in [5.74, 6) is 0.589. The molecule has 1 N–H and O–H groups in total. The molecule has 1 aromatic carbocycles. The summed E-state index contributed by atoms with van der Waals surface area (Å²) in [7, 11) is 0. The number of rotatable bonds is 2.